The number of nitrogens with zero attached hydrogens (tertiary/aromatic N) is 4. The molecule has 1 aliphatic heterocycles. The van der Waals surface area contributed by atoms with E-state index in [0.717, 1.165) is 36.9 Å². The van der Waals surface area contributed by atoms with Gasteiger partial charge in [0, 0.05) is 39.3 Å². The molecule has 26 heavy (non-hydrogen) atoms. The number of piperazine rings is 1. The second-order valence-corrected chi connectivity index (χ2v) is 6.17. The Hall–Kier alpha value is -2.53. The first-order chi connectivity index (χ1) is 12.3. The van der Waals surface area contributed by atoms with Crippen LogP contribution >= 0.6 is 0 Å². The fourth-order valence-electron chi connectivity index (χ4n) is 2.63. The standard InChI is InChI=1S/C15H22FN5O5/c1-18-4-6-19(7-5-18)9-12(22)17-2-3-20-8-11(16)14(25)21(15(20)26)10-13(23)24/h8H,2-7,9-10H2,1H3,(H,17,22)(H,23,24). The SMILES string of the molecule is CN1CCN(CC(=O)NCCn2cc(F)c(=O)n(CC(=O)O)c2=O)CC1. The predicted molar refractivity (Wildman–Crippen MR) is 89.5 cm³/mol. The Morgan fingerprint density at radius 3 is 2.46 bits per heavy atom. The van der Waals surface area contributed by atoms with Gasteiger partial charge in [-0.05, 0) is 7.05 Å². The van der Waals surface area contributed by atoms with Crippen LogP contribution in [0.1, 0.15) is 0 Å². The maximum Gasteiger partial charge on any atom is 0.331 e. The average molecular weight is 371 g/mol. The molecule has 2 N–H and O–H groups in total. The van der Waals surface area contributed by atoms with Gasteiger partial charge in [0.05, 0.1) is 12.7 Å². The summed E-state index contributed by atoms with van der Waals surface area (Å²) < 4.78 is 14.8. The van der Waals surface area contributed by atoms with Gasteiger partial charge in [-0.3, -0.25) is 23.9 Å². The molecule has 0 aromatic carbocycles. The van der Waals surface area contributed by atoms with Crippen LogP contribution in [0.15, 0.2) is 15.8 Å². The lowest BCUT2D eigenvalue weighted by atomic mass is 10.3. The highest BCUT2D eigenvalue weighted by atomic mass is 19.1. The average Bonchev–Trinajstić information content (AvgIpc) is 2.58. The molecule has 0 saturated carbocycles. The monoisotopic (exact) mass is 371 g/mol. The Balaban J connectivity index is 1.92. The molecule has 1 aromatic rings. The molecule has 2 heterocycles. The summed E-state index contributed by atoms with van der Waals surface area (Å²) in [4.78, 5) is 50.4. The third kappa shape index (κ3) is 5.23. The van der Waals surface area contributed by atoms with Gasteiger partial charge >= 0.3 is 11.7 Å². The van der Waals surface area contributed by atoms with Crippen molar-refractivity contribution in [3.05, 3.63) is 32.9 Å². The lowest BCUT2D eigenvalue weighted by Crippen LogP contribution is -2.48. The second-order valence-electron chi connectivity index (χ2n) is 6.17. The van der Waals surface area contributed by atoms with Gasteiger partial charge in [0.2, 0.25) is 11.7 Å². The van der Waals surface area contributed by atoms with Crippen molar-refractivity contribution < 1.29 is 19.1 Å². The molecule has 1 aliphatic rings. The van der Waals surface area contributed by atoms with Gasteiger partial charge in [0.1, 0.15) is 6.54 Å². The highest BCUT2D eigenvalue weighted by Crippen LogP contribution is 1.98. The smallest absolute Gasteiger partial charge is 0.331 e. The molecular formula is C15H22FN5O5. The first-order valence-electron chi connectivity index (χ1n) is 8.17. The van der Waals surface area contributed by atoms with Gasteiger partial charge in [-0.25, -0.2) is 9.36 Å². The van der Waals surface area contributed by atoms with Crippen LogP contribution in [0.5, 0.6) is 0 Å². The van der Waals surface area contributed by atoms with E-state index in [0.29, 0.717) is 4.57 Å². The molecule has 0 atom stereocenters. The quantitative estimate of drug-likeness (QED) is 0.549. The summed E-state index contributed by atoms with van der Waals surface area (Å²) in [5.74, 6) is -2.88. The van der Waals surface area contributed by atoms with E-state index in [1.165, 1.54) is 0 Å². The fraction of sp³-hybridized carbons (Fsp3) is 0.600. The largest absolute Gasteiger partial charge is 0.480 e. The van der Waals surface area contributed by atoms with Crippen molar-refractivity contribution in [3.63, 3.8) is 0 Å². The third-order valence-electron chi connectivity index (χ3n) is 4.13. The number of aromatic nitrogens is 2. The van der Waals surface area contributed by atoms with Crippen LogP contribution < -0.4 is 16.6 Å². The number of hydrogen-bond acceptors (Lipinski definition) is 6. The Morgan fingerprint density at radius 1 is 1.19 bits per heavy atom. The number of rotatable bonds is 7. The van der Waals surface area contributed by atoms with E-state index in [4.69, 9.17) is 5.11 Å². The van der Waals surface area contributed by atoms with Crippen molar-refractivity contribution in [3.8, 4) is 0 Å². The highest BCUT2D eigenvalue weighted by molar-refractivity contribution is 5.77. The predicted octanol–water partition coefficient (Wildman–Crippen LogP) is -2.40. The van der Waals surface area contributed by atoms with Crippen molar-refractivity contribution in [1.29, 1.82) is 0 Å². The van der Waals surface area contributed by atoms with E-state index in [2.05, 4.69) is 10.2 Å². The van der Waals surface area contributed by atoms with Crippen LogP contribution in [-0.4, -0.2) is 82.2 Å². The fourth-order valence-corrected chi connectivity index (χ4v) is 2.63. The van der Waals surface area contributed by atoms with Crippen LogP contribution in [0.4, 0.5) is 4.39 Å². The van der Waals surface area contributed by atoms with Gasteiger partial charge < -0.3 is 15.3 Å². The molecule has 10 nitrogen and oxygen atoms in total. The van der Waals surface area contributed by atoms with Crippen LogP contribution in [-0.2, 0) is 22.7 Å². The molecule has 1 amide bonds. The molecule has 1 saturated heterocycles. The van der Waals surface area contributed by atoms with Gasteiger partial charge in [-0.1, -0.05) is 0 Å². The number of amides is 1. The van der Waals surface area contributed by atoms with E-state index < -0.39 is 29.6 Å². The third-order valence-corrected chi connectivity index (χ3v) is 4.13. The first-order valence-corrected chi connectivity index (χ1v) is 8.17. The lowest BCUT2D eigenvalue weighted by Gasteiger charge is -2.31. The number of carbonyl (C=O) groups excluding carboxylic acids is 1. The van der Waals surface area contributed by atoms with Crippen LogP contribution in [0.3, 0.4) is 0 Å². The molecule has 11 heteroatoms. The maximum absolute atomic E-state index is 13.6. The summed E-state index contributed by atoms with van der Waals surface area (Å²) in [5, 5.41) is 11.4. The molecule has 0 bridgehead atoms. The molecule has 0 spiro atoms. The van der Waals surface area contributed by atoms with Gasteiger partial charge in [0.15, 0.2) is 0 Å². The van der Waals surface area contributed by atoms with E-state index in [9.17, 15) is 23.6 Å². The van der Waals surface area contributed by atoms with E-state index >= 15 is 0 Å². The van der Waals surface area contributed by atoms with Crippen LogP contribution in [0.25, 0.3) is 0 Å². The number of halogens is 1. The van der Waals surface area contributed by atoms with E-state index in [1.54, 1.807) is 0 Å². The minimum absolute atomic E-state index is 0.0528. The van der Waals surface area contributed by atoms with Crippen LogP contribution in [0.2, 0.25) is 0 Å². The summed E-state index contributed by atoms with van der Waals surface area (Å²) in [6, 6.07) is 0. The van der Waals surface area contributed by atoms with Crippen molar-refractivity contribution in [2.24, 2.45) is 0 Å². The number of likely N-dealkylation sites (N-methyl/N-ethyl adjacent to an activating group) is 1. The number of aliphatic carboxylic acids is 1. The topological polar surface area (TPSA) is 117 Å². The summed E-state index contributed by atoms with van der Waals surface area (Å²) in [6.07, 6.45) is 0.718. The van der Waals surface area contributed by atoms with Crippen molar-refractivity contribution in [2.45, 2.75) is 13.1 Å². The van der Waals surface area contributed by atoms with E-state index in [1.807, 2.05) is 11.9 Å². The minimum atomic E-state index is -1.43. The van der Waals surface area contributed by atoms with Crippen molar-refractivity contribution >= 4 is 11.9 Å². The molecule has 2 rings (SSSR count). The van der Waals surface area contributed by atoms with Crippen molar-refractivity contribution in [1.82, 2.24) is 24.3 Å². The molecular weight excluding hydrogens is 349 g/mol. The zero-order valence-corrected chi connectivity index (χ0v) is 14.5. The number of hydrogen-bond donors (Lipinski definition) is 2. The summed E-state index contributed by atoms with van der Waals surface area (Å²) >= 11 is 0. The first kappa shape index (κ1) is 19.8. The lowest BCUT2D eigenvalue weighted by molar-refractivity contribution is -0.137. The van der Waals surface area contributed by atoms with Crippen molar-refractivity contribution in [2.75, 3.05) is 46.3 Å². The molecule has 1 aromatic heterocycles. The van der Waals surface area contributed by atoms with Gasteiger partial charge in [-0.15, -0.1) is 0 Å². The number of carbonyl (C=O) groups is 2. The molecule has 0 unspecified atom stereocenters. The number of carboxylic acids is 1. The summed E-state index contributed by atoms with van der Waals surface area (Å²) in [7, 11) is 2.01. The highest BCUT2D eigenvalue weighted by Gasteiger charge is 2.17. The zero-order valence-electron chi connectivity index (χ0n) is 14.5. The Bertz CT molecular complexity index is 782. The van der Waals surface area contributed by atoms with E-state index in [-0.39, 0.29) is 25.5 Å². The maximum atomic E-state index is 13.6. The Morgan fingerprint density at radius 2 is 1.85 bits per heavy atom. The molecule has 0 radical (unpaired) electrons. The normalized spacial score (nSPS) is 15.8. The Labute approximate surface area is 148 Å². The summed E-state index contributed by atoms with van der Waals surface area (Å²) in [6.45, 7) is 2.62. The van der Waals surface area contributed by atoms with Crippen LogP contribution in [0, 0.1) is 5.82 Å². The zero-order chi connectivity index (χ0) is 19.3. The summed E-state index contributed by atoms with van der Waals surface area (Å²) in [5.41, 5.74) is -2.22. The van der Waals surface area contributed by atoms with Gasteiger partial charge in [0.25, 0.3) is 5.56 Å². The number of nitrogens with one attached hydrogen (secondary N) is 1. The number of carboxylic acid groups (broad SMARTS) is 1. The molecule has 144 valence electrons. The molecule has 0 aliphatic carbocycles. The second kappa shape index (κ2) is 8.72. The Kier molecular flexibility index (Phi) is 6.64. The minimum Gasteiger partial charge on any atom is -0.480 e. The van der Waals surface area contributed by atoms with Gasteiger partial charge in [-0.2, -0.15) is 4.39 Å². The molecule has 1 fully saturated rings.